The van der Waals surface area contributed by atoms with Crippen LogP contribution in [0.4, 0.5) is 0 Å². The normalized spacial score (nSPS) is 35.3. The van der Waals surface area contributed by atoms with Crippen molar-refractivity contribution in [1.82, 2.24) is 4.90 Å². The first kappa shape index (κ1) is 13.8. The summed E-state index contributed by atoms with van der Waals surface area (Å²) < 4.78 is 22.8. The molecule has 5 heteroatoms. The van der Waals surface area contributed by atoms with Crippen molar-refractivity contribution < 1.29 is 13.2 Å². The SMILES string of the molecule is CC1CCC(N(C)C(=O)[C@@H]2CCS(=O)(=O)C2)CC1. The Labute approximate surface area is 110 Å². The van der Waals surface area contributed by atoms with E-state index in [0.717, 1.165) is 18.8 Å². The summed E-state index contributed by atoms with van der Waals surface area (Å²) in [7, 11) is -1.12. The first-order valence-electron chi connectivity index (χ1n) is 6.86. The standard InChI is InChI=1S/C13H23NO3S/c1-10-3-5-12(6-4-10)14(2)13(15)11-7-8-18(16,17)9-11/h10-12H,3-9H2,1-2H3/t10?,11-,12?/m1/s1. The average molecular weight is 273 g/mol. The minimum absolute atomic E-state index is 0.0376. The summed E-state index contributed by atoms with van der Waals surface area (Å²) >= 11 is 0. The first-order valence-corrected chi connectivity index (χ1v) is 8.68. The average Bonchev–Trinajstić information content (AvgIpc) is 2.69. The maximum absolute atomic E-state index is 12.3. The molecule has 0 bridgehead atoms. The van der Waals surface area contributed by atoms with Gasteiger partial charge >= 0.3 is 0 Å². The van der Waals surface area contributed by atoms with Crippen molar-refractivity contribution in [2.75, 3.05) is 18.6 Å². The Morgan fingerprint density at radius 2 is 1.72 bits per heavy atom. The fourth-order valence-electron chi connectivity index (χ4n) is 3.09. The highest BCUT2D eigenvalue weighted by Gasteiger charge is 2.36. The Kier molecular flexibility index (Phi) is 3.99. The summed E-state index contributed by atoms with van der Waals surface area (Å²) in [6.45, 7) is 2.25. The minimum Gasteiger partial charge on any atom is -0.343 e. The Hall–Kier alpha value is -0.580. The van der Waals surface area contributed by atoms with Crippen LogP contribution in [0.5, 0.6) is 0 Å². The lowest BCUT2D eigenvalue weighted by molar-refractivity contribution is -0.136. The van der Waals surface area contributed by atoms with Gasteiger partial charge in [0.25, 0.3) is 0 Å². The van der Waals surface area contributed by atoms with Crippen molar-refractivity contribution in [2.45, 2.75) is 45.1 Å². The van der Waals surface area contributed by atoms with Gasteiger partial charge in [0.15, 0.2) is 9.84 Å². The zero-order valence-corrected chi connectivity index (χ0v) is 12.1. The van der Waals surface area contributed by atoms with E-state index < -0.39 is 9.84 Å². The zero-order chi connectivity index (χ0) is 13.3. The second-order valence-electron chi connectivity index (χ2n) is 5.96. The third-order valence-corrected chi connectivity index (χ3v) is 6.23. The summed E-state index contributed by atoms with van der Waals surface area (Å²) in [4.78, 5) is 14.1. The lowest BCUT2D eigenvalue weighted by Gasteiger charge is -2.34. The van der Waals surface area contributed by atoms with Crippen LogP contribution >= 0.6 is 0 Å². The highest BCUT2D eigenvalue weighted by atomic mass is 32.2. The molecule has 2 fully saturated rings. The van der Waals surface area contributed by atoms with Crippen LogP contribution in [-0.2, 0) is 14.6 Å². The lowest BCUT2D eigenvalue weighted by Crippen LogP contribution is -2.42. The van der Waals surface area contributed by atoms with Crippen LogP contribution in [0.1, 0.15) is 39.0 Å². The smallest absolute Gasteiger partial charge is 0.226 e. The van der Waals surface area contributed by atoms with Gasteiger partial charge in [-0.1, -0.05) is 6.92 Å². The molecule has 18 heavy (non-hydrogen) atoms. The largest absolute Gasteiger partial charge is 0.343 e. The summed E-state index contributed by atoms with van der Waals surface area (Å²) in [6.07, 6.45) is 4.97. The Morgan fingerprint density at radius 3 is 2.22 bits per heavy atom. The molecular formula is C13H23NO3S. The maximum Gasteiger partial charge on any atom is 0.226 e. The van der Waals surface area contributed by atoms with Gasteiger partial charge < -0.3 is 4.90 Å². The van der Waals surface area contributed by atoms with Gasteiger partial charge in [0.05, 0.1) is 17.4 Å². The second kappa shape index (κ2) is 5.19. The van der Waals surface area contributed by atoms with E-state index in [1.807, 2.05) is 11.9 Å². The molecule has 1 saturated heterocycles. The highest BCUT2D eigenvalue weighted by Crippen LogP contribution is 2.28. The monoisotopic (exact) mass is 273 g/mol. The number of hydrogen-bond donors (Lipinski definition) is 0. The highest BCUT2D eigenvalue weighted by molar-refractivity contribution is 7.91. The molecule has 0 aromatic heterocycles. The summed E-state index contributed by atoms with van der Waals surface area (Å²) in [5.41, 5.74) is 0. The molecule has 1 aliphatic carbocycles. The lowest BCUT2D eigenvalue weighted by atomic mass is 9.86. The fraction of sp³-hybridized carbons (Fsp3) is 0.923. The van der Waals surface area contributed by atoms with Gasteiger partial charge in [-0.3, -0.25) is 4.79 Å². The Morgan fingerprint density at radius 1 is 1.11 bits per heavy atom. The number of carbonyl (C=O) groups excluding carboxylic acids is 1. The van der Waals surface area contributed by atoms with Gasteiger partial charge in [0.2, 0.25) is 5.91 Å². The number of amides is 1. The third-order valence-electron chi connectivity index (χ3n) is 4.46. The second-order valence-corrected chi connectivity index (χ2v) is 8.19. The predicted molar refractivity (Wildman–Crippen MR) is 71.0 cm³/mol. The van der Waals surface area contributed by atoms with Crippen molar-refractivity contribution in [3.05, 3.63) is 0 Å². The minimum atomic E-state index is -2.96. The molecule has 0 aromatic carbocycles. The molecule has 1 saturated carbocycles. The number of nitrogens with zero attached hydrogens (tertiary/aromatic N) is 1. The fourth-order valence-corrected chi connectivity index (χ4v) is 4.82. The molecule has 1 heterocycles. The van der Waals surface area contributed by atoms with Gasteiger partial charge in [-0.15, -0.1) is 0 Å². The molecule has 1 atom stereocenters. The summed E-state index contributed by atoms with van der Waals surface area (Å²) in [5.74, 6) is 0.740. The topological polar surface area (TPSA) is 54.5 Å². The Balaban J connectivity index is 1.93. The van der Waals surface area contributed by atoms with E-state index in [2.05, 4.69) is 6.92 Å². The van der Waals surface area contributed by atoms with Crippen LogP contribution in [0.15, 0.2) is 0 Å². The zero-order valence-electron chi connectivity index (χ0n) is 11.3. The van der Waals surface area contributed by atoms with E-state index in [9.17, 15) is 13.2 Å². The molecule has 0 radical (unpaired) electrons. The van der Waals surface area contributed by atoms with Crippen LogP contribution in [0.2, 0.25) is 0 Å². The molecule has 1 aliphatic heterocycles. The van der Waals surface area contributed by atoms with E-state index in [0.29, 0.717) is 12.5 Å². The maximum atomic E-state index is 12.3. The van der Waals surface area contributed by atoms with Gasteiger partial charge in [-0.05, 0) is 38.0 Å². The van der Waals surface area contributed by atoms with Gasteiger partial charge in [0.1, 0.15) is 0 Å². The van der Waals surface area contributed by atoms with Crippen molar-refractivity contribution in [1.29, 1.82) is 0 Å². The van der Waals surface area contributed by atoms with Gasteiger partial charge in [-0.25, -0.2) is 8.42 Å². The molecule has 4 nitrogen and oxygen atoms in total. The van der Waals surface area contributed by atoms with E-state index >= 15 is 0 Å². The number of hydrogen-bond acceptors (Lipinski definition) is 3. The van der Waals surface area contributed by atoms with E-state index in [-0.39, 0.29) is 23.3 Å². The molecule has 2 aliphatic rings. The van der Waals surface area contributed by atoms with Crippen LogP contribution in [0.3, 0.4) is 0 Å². The van der Waals surface area contributed by atoms with E-state index in [4.69, 9.17) is 0 Å². The molecule has 0 unspecified atom stereocenters. The van der Waals surface area contributed by atoms with E-state index in [1.165, 1.54) is 12.8 Å². The van der Waals surface area contributed by atoms with Crippen LogP contribution < -0.4 is 0 Å². The van der Waals surface area contributed by atoms with Crippen LogP contribution in [0, 0.1) is 11.8 Å². The predicted octanol–water partition coefficient (Wildman–Crippen LogP) is 1.46. The van der Waals surface area contributed by atoms with Crippen molar-refractivity contribution in [2.24, 2.45) is 11.8 Å². The molecule has 0 aromatic rings. The Bertz CT molecular complexity index is 410. The van der Waals surface area contributed by atoms with Crippen LogP contribution in [0.25, 0.3) is 0 Å². The molecular weight excluding hydrogens is 250 g/mol. The quantitative estimate of drug-likeness (QED) is 0.765. The number of sulfone groups is 1. The first-order chi connectivity index (χ1) is 8.39. The molecule has 0 spiro atoms. The van der Waals surface area contributed by atoms with Crippen molar-refractivity contribution in [3.63, 3.8) is 0 Å². The van der Waals surface area contributed by atoms with Crippen LogP contribution in [-0.4, -0.2) is 43.8 Å². The van der Waals surface area contributed by atoms with Gasteiger partial charge in [0, 0.05) is 13.1 Å². The van der Waals surface area contributed by atoms with Gasteiger partial charge in [-0.2, -0.15) is 0 Å². The van der Waals surface area contributed by atoms with E-state index in [1.54, 1.807) is 0 Å². The number of carbonyl (C=O) groups is 1. The third kappa shape index (κ3) is 3.05. The van der Waals surface area contributed by atoms with Crippen molar-refractivity contribution >= 4 is 15.7 Å². The summed E-state index contributed by atoms with van der Waals surface area (Å²) in [5, 5.41) is 0. The molecule has 1 amide bonds. The molecule has 104 valence electrons. The number of rotatable bonds is 2. The van der Waals surface area contributed by atoms with Crippen molar-refractivity contribution in [3.8, 4) is 0 Å². The molecule has 2 rings (SSSR count). The molecule has 0 N–H and O–H groups in total. The summed E-state index contributed by atoms with van der Waals surface area (Å²) in [6, 6.07) is 0.317.